The van der Waals surface area contributed by atoms with E-state index in [-0.39, 0.29) is 5.91 Å². The molecule has 5 heteroatoms. The lowest BCUT2D eigenvalue weighted by molar-refractivity contribution is 0.0953. The van der Waals surface area contributed by atoms with Gasteiger partial charge in [-0.25, -0.2) is 4.98 Å². The minimum atomic E-state index is -0.0258. The molecule has 4 aromatic rings. The van der Waals surface area contributed by atoms with Crippen LogP contribution in [0.5, 0.6) is 5.75 Å². The van der Waals surface area contributed by atoms with Crippen LogP contribution in [0.2, 0.25) is 0 Å². The summed E-state index contributed by atoms with van der Waals surface area (Å²) in [7, 11) is 0. The van der Waals surface area contributed by atoms with Crippen LogP contribution in [0.15, 0.2) is 72.8 Å². The van der Waals surface area contributed by atoms with E-state index in [0.29, 0.717) is 18.7 Å². The highest BCUT2D eigenvalue weighted by Crippen LogP contribution is 2.19. The number of nitrogens with zero attached hydrogens (tertiary/aromatic N) is 2. The largest absolute Gasteiger partial charge is 0.494 e. The van der Waals surface area contributed by atoms with Crippen LogP contribution < -0.4 is 10.1 Å². The van der Waals surface area contributed by atoms with E-state index in [1.54, 1.807) is 0 Å². The topological polar surface area (TPSA) is 56.2 Å². The number of carbonyl (C=O) groups excluding carboxylic acids is 1. The maximum Gasteiger partial charge on any atom is 0.251 e. The molecule has 4 rings (SSSR count). The first-order chi connectivity index (χ1) is 16.6. The van der Waals surface area contributed by atoms with Gasteiger partial charge in [0.15, 0.2) is 0 Å². The summed E-state index contributed by atoms with van der Waals surface area (Å²) < 4.78 is 8.23. The van der Waals surface area contributed by atoms with Crippen molar-refractivity contribution in [2.75, 3.05) is 13.2 Å². The number of nitrogens with one attached hydrogen (secondary N) is 1. The number of hydrogen-bond acceptors (Lipinski definition) is 3. The zero-order chi connectivity index (χ0) is 23.8. The molecule has 0 saturated heterocycles. The molecule has 1 N–H and O–H groups in total. The Morgan fingerprint density at radius 2 is 1.74 bits per heavy atom. The highest BCUT2D eigenvalue weighted by Gasteiger charge is 2.11. The second-order valence-corrected chi connectivity index (χ2v) is 8.77. The zero-order valence-corrected chi connectivity index (χ0v) is 20.1. The molecule has 3 aromatic carbocycles. The molecule has 0 aliphatic rings. The molecule has 0 atom stereocenters. The number of rotatable bonds is 11. The molecular weight excluding hydrogens is 422 g/mol. The molecule has 0 saturated carbocycles. The Hall–Kier alpha value is -3.60. The van der Waals surface area contributed by atoms with Crippen LogP contribution in [0.25, 0.3) is 11.0 Å². The van der Waals surface area contributed by atoms with Crippen molar-refractivity contribution >= 4 is 16.9 Å². The van der Waals surface area contributed by atoms with E-state index in [1.807, 2.05) is 49.4 Å². The third-order valence-corrected chi connectivity index (χ3v) is 5.94. The van der Waals surface area contributed by atoms with E-state index in [2.05, 4.69) is 47.1 Å². The van der Waals surface area contributed by atoms with E-state index in [1.165, 1.54) is 11.1 Å². The molecule has 1 amide bonds. The van der Waals surface area contributed by atoms with Crippen molar-refractivity contribution in [3.63, 3.8) is 0 Å². The molecule has 0 unspecified atom stereocenters. The number of imidazole rings is 1. The summed E-state index contributed by atoms with van der Waals surface area (Å²) >= 11 is 0. The summed E-state index contributed by atoms with van der Waals surface area (Å²) in [5, 5.41) is 3.03. The molecule has 34 heavy (non-hydrogen) atoms. The summed E-state index contributed by atoms with van der Waals surface area (Å²) in [5.41, 5.74) is 5.25. The summed E-state index contributed by atoms with van der Waals surface area (Å²) in [6, 6.07) is 24.1. The van der Waals surface area contributed by atoms with Gasteiger partial charge in [0.2, 0.25) is 0 Å². The van der Waals surface area contributed by atoms with Crippen LogP contribution >= 0.6 is 0 Å². The van der Waals surface area contributed by atoms with E-state index in [9.17, 15) is 4.79 Å². The first-order valence-corrected chi connectivity index (χ1v) is 12.1. The van der Waals surface area contributed by atoms with Gasteiger partial charge in [0.05, 0.1) is 17.6 Å². The Bertz CT molecular complexity index is 1230. The molecule has 5 nitrogen and oxygen atoms in total. The lowest BCUT2D eigenvalue weighted by Crippen LogP contribution is -2.25. The maximum absolute atomic E-state index is 12.4. The molecule has 1 aromatic heterocycles. The van der Waals surface area contributed by atoms with Crippen LogP contribution in [0.3, 0.4) is 0 Å². The third kappa shape index (κ3) is 6.25. The van der Waals surface area contributed by atoms with Crippen molar-refractivity contribution in [2.45, 2.75) is 46.1 Å². The minimum Gasteiger partial charge on any atom is -0.494 e. The predicted molar refractivity (Wildman–Crippen MR) is 137 cm³/mol. The summed E-state index contributed by atoms with van der Waals surface area (Å²) in [6.45, 7) is 6.33. The lowest BCUT2D eigenvalue weighted by atomic mass is 10.1. The first kappa shape index (κ1) is 23.6. The number of amides is 1. The fourth-order valence-electron chi connectivity index (χ4n) is 4.09. The average Bonchev–Trinajstić information content (AvgIpc) is 3.19. The fraction of sp³-hybridized carbons (Fsp3) is 0.310. The Morgan fingerprint density at radius 3 is 2.56 bits per heavy atom. The van der Waals surface area contributed by atoms with Crippen LogP contribution in [0, 0.1) is 13.8 Å². The average molecular weight is 456 g/mol. The van der Waals surface area contributed by atoms with Gasteiger partial charge in [-0.2, -0.15) is 0 Å². The highest BCUT2D eigenvalue weighted by molar-refractivity contribution is 5.94. The lowest BCUT2D eigenvalue weighted by Gasteiger charge is -2.11. The van der Waals surface area contributed by atoms with Gasteiger partial charge in [0.1, 0.15) is 11.6 Å². The summed E-state index contributed by atoms with van der Waals surface area (Å²) in [4.78, 5) is 17.2. The third-order valence-electron chi connectivity index (χ3n) is 5.94. The first-order valence-electron chi connectivity index (χ1n) is 12.1. The van der Waals surface area contributed by atoms with Crippen LogP contribution in [-0.4, -0.2) is 28.6 Å². The molecule has 176 valence electrons. The number of para-hydroxylation sites is 2. The fourth-order valence-corrected chi connectivity index (χ4v) is 4.09. The van der Waals surface area contributed by atoms with Crippen molar-refractivity contribution in [3.8, 4) is 5.75 Å². The molecule has 0 radical (unpaired) electrons. The number of aryl methyl sites for hydroxylation is 4. The Morgan fingerprint density at radius 1 is 0.912 bits per heavy atom. The molecule has 1 heterocycles. The quantitative estimate of drug-likeness (QED) is 0.288. The van der Waals surface area contributed by atoms with Crippen LogP contribution in [-0.2, 0) is 13.0 Å². The molecule has 0 aliphatic heterocycles. The van der Waals surface area contributed by atoms with Crippen molar-refractivity contribution in [1.29, 1.82) is 0 Å². The SMILES string of the molecule is Cc1ccc(C(=O)NCCCc2nc3ccccc3n2CCCCOc2cccc(C)c2)cc1. The standard InChI is InChI=1S/C29H33N3O2/c1-22-14-16-24(17-15-22)29(33)30-18-8-13-28-31-26-11-3-4-12-27(26)32(28)19-5-6-20-34-25-10-7-9-23(2)21-25/h3-4,7,9-12,14-17,21H,5-6,8,13,18-20H2,1-2H3,(H,30,33). The van der Waals surface area contributed by atoms with Gasteiger partial charge >= 0.3 is 0 Å². The predicted octanol–water partition coefficient (Wildman–Crippen LogP) is 5.87. The van der Waals surface area contributed by atoms with E-state index < -0.39 is 0 Å². The number of carbonyl (C=O) groups is 1. The second-order valence-electron chi connectivity index (χ2n) is 8.77. The van der Waals surface area contributed by atoms with Gasteiger partial charge in [-0.1, -0.05) is 42.0 Å². The van der Waals surface area contributed by atoms with Crippen molar-refractivity contribution in [2.24, 2.45) is 0 Å². The Labute approximate surface area is 201 Å². The number of aromatic nitrogens is 2. The molecule has 0 fully saturated rings. The van der Waals surface area contributed by atoms with Gasteiger partial charge in [0.25, 0.3) is 5.91 Å². The molecular formula is C29H33N3O2. The van der Waals surface area contributed by atoms with Gasteiger partial charge in [0, 0.05) is 25.1 Å². The normalized spacial score (nSPS) is 11.0. The van der Waals surface area contributed by atoms with E-state index >= 15 is 0 Å². The van der Waals surface area contributed by atoms with Gasteiger partial charge in [-0.3, -0.25) is 4.79 Å². The minimum absolute atomic E-state index is 0.0258. The maximum atomic E-state index is 12.4. The number of fused-ring (bicyclic) bond motifs is 1. The van der Waals surface area contributed by atoms with E-state index in [4.69, 9.17) is 9.72 Å². The number of ether oxygens (including phenoxy) is 1. The van der Waals surface area contributed by atoms with Crippen molar-refractivity contribution < 1.29 is 9.53 Å². The second kappa shape index (κ2) is 11.5. The van der Waals surface area contributed by atoms with Gasteiger partial charge < -0.3 is 14.6 Å². The van der Waals surface area contributed by atoms with Crippen molar-refractivity contribution in [1.82, 2.24) is 14.9 Å². The number of unbranched alkanes of at least 4 members (excludes halogenated alkanes) is 1. The summed E-state index contributed by atoms with van der Waals surface area (Å²) in [5.74, 6) is 1.98. The molecule has 0 spiro atoms. The smallest absolute Gasteiger partial charge is 0.251 e. The number of benzene rings is 3. The Balaban J connectivity index is 1.29. The molecule has 0 aliphatic carbocycles. The van der Waals surface area contributed by atoms with Gasteiger partial charge in [-0.05, 0) is 75.1 Å². The van der Waals surface area contributed by atoms with Crippen LogP contribution in [0.1, 0.15) is 46.6 Å². The number of hydrogen-bond donors (Lipinski definition) is 1. The monoisotopic (exact) mass is 455 g/mol. The van der Waals surface area contributed by atoms with Crippen LogP contribution in [0.4, 0.5) is 0 Å². The highest BCUT2D eigenvalue weighted by atomic mass is 16.5. The Kier molecular flexibility index (Phi) is 7.97. The van der Waals surface area contributed by atoms with Gasteiger partial charge in [-0.15, -0.1) is 0 Å². The van der Waals surface area contributed by atoms with Crippen molar-refractivity contribution in [3.05, 3.63) is 95.3 Å². The zero-order valence-electron chi connectivity index (χ0n) is 20.1. The molecule has 0 bridgehead atoms. The van der Waals surface area contributed by atoms with E-state index in [0.717, 1.165) is 54.9 Å². The summed E-state index contributed by atoms with van der Waals surface area (Å²) in [6.07, 6.45) is 3.66.